The lowest BCUT2D eigenvalue weighted by molar-refractivity contribution is 0.673. The largest absolute Gasteiger partial charge is 0.455 e. The van der Waals surface area contributed by atoms with Crippen LogP contribution in [0.4, 0.5) is 0 Å². The molecule has 0 saturated heterocycles. The lowest BCUT2D eigenvalue weighted by Gasteiger charge is -2.11. The van der Waals surface area contributed by atoms with Crippen LogP contribution in [0.2, 0.25) is 0 Å². The molecule has 5 aromatic carbocycles. The molecule has 186 valence electrons. The average molecular weight is 504 g/mol. The molecule has 8 rings (SSSR count). The van der Waals surface area contributed by atoms with Gasteiger partial charge in [0.15, 0.2) is 0 Å². The Morgan fingerprint density at radius 2 is 1.31 bits per heavy atom. The lowest BCUT2D eigenvalue weighted by atomic mass is 9.99. The zero-order valence-electron chi connectivity index (χ0n) is 22.0. The summed E-state index contributed by atoms with van der Waals surface area (Å²) in [7, 11) is 0. The van der Waals surface area contributed by atoms with E-state index in [-0.39, 0.29) is 0 Å². The maximum Gasteiger partial charge on any atom is 0.149 e. The monoisotopic (exact) mass is 503 g/mol. The van der Waals surface area contributed by atoms with Crippen LogP contribution in [0.5, 0.6) is 0 Å². The molecule has 0 unspecified atom stereocenters. The smallest absolute Gasteiger partial charge is 0.149 e. The standard InChI is InChI=1S/C35H25N3O/c1-20-21(2)36-22(3)32-31(20)37-35(38(32)25-11-5-4-6-12-25)29-15-9-14-27-28-19-18-24-17-16-23-10-7-8-13-26(23)30(24)34(28)39-33(27)29/h4-19H,1-3H3. The number of rotatable bonds is 2. The molecule has 0 aliphatic rings. The predicted molar refractivity (Wildman–Crippen MR) is 161 cm³/mol. The third-order valence-electron chi connectivity index (χ3n) is 8.08. The highest BCUT2D eigenvalue weighted by Crippen LogP contribution is 2.42. The number of aromatic nitrogens is 3. The van der Waals surface area contributed by atoms with Crippen LogP contribution in [0.15, 0.2) is 101 Å². The van der Waals surface area contributed by atoms with Gasteiger partial charge in [-0.3, -0.25) is 9.55 Å². The first-order valence-electron chi connectivity index (χ1n) is 13.3. The van der Waals surface area contributed by atoms with E-state index in [0.29, 0.717) is 0 Å². The normalized spacial score (nSPS) is 12.0. The summed E-state index contributed by atoms with van der Waals surface area (Å²) in [6.45, 7) is 6.23. The van der Waals surface area contributed by atoms with Gasteiger partial charge in [0.25, 0.3) is 0 Å². The maximum atomic E-state index is 6.86. The van der Waals surface area contributed by atoms with Gasteiger partial charge in [0.2, 0.25) is 0 Å². The highest BCUT2D eigenvalue weighted by molar-refractivity contribution is 6.23. The number of para-hydroxylation sites is 2. The number of pyridine rings is 1. The number of imidazole rings is 1. The number of hydrogen-bond acceptors (Lipinski definition) is 3. The van der Waals surface area contributed by atoms with Crippen molar-refractivity contribution in [1.29, 1.82) is 0 Å². The Kier molecular flexibility index (Phi) is 4.54. The van der Waals surface area contributed by atoms with Gasteiger partial charge >= 0.3 is 0 Å². The third kappa shape index (κ3) is 3.06. The van der Waals surface area contributed by atoms with Crippen molar-refractivity contribution in [2.75, 3.05) is 0 Å². The van der Waals surface area contributed by atoms with E-state index in [2.05, 4.69) is 116 Å². The molecular weight excluding hydrogens is 478 g/mol. The SMILES string of the molecule is Cc1nc(C)c2c(nc(-c3cccc4c3oc3c4ccc4ccc5ccccc5c43)n2-c2ccccc2)c1C. The summed E-state index contributed by atoms with van der Waals surface area (Å²) in [6, 6.07) is 34.1. The Bertz CT molecular complexity index is 2250. The zero-order valence-corrected chi connectivity index (χ0v) is 22.0. The summed E-state index contributed by atoms with van der Waals surface area (Å²) in [4.78, 5) is 10.1. The molecule has 4 heteroatoms. The van der Waals surface area contributed by atoms with E-state index in [4.69, 9.17) is 14.4 Å². The van der Waals surface area contributed by atoms with Crippen LogP contribution in [-0.4, -0.2) is 14.5 Å². The Morgan fingerprint density at radius 1 is 0.590 bits per heavy atom. The molecule has 0 aliphatic heterocycles. The fraction of sp³-hybridized carbons (Fsp3) is 0.0857. The Balaban J connectivity index is 1.53. The molecule has 0 bridgehead atoms. The lowest BCUT2D eigenvalue weighted by Crippen LogP contribution is -2.00. The molecule has 0 aliphatic carbocycles. The number of furan rings is 1. The fourth-order valence-electron chi connectivity index (χ4n) is 6.10. The first-order valence-corrected chi connectivity index (χ1v) is 13.3. The number of benzene rings is 5. The molecule has 0 spiro atoms. The second kappa shape index (κ2) is 8.02. The summed E-state index contributed by atoms with van der Waals surface area (Å²) >= 11 is 0. The number of aryl methyl sites for hydroxylation is 3. The Labute approximate surface area is 225 Å². The molecular formula is C35H25N3O. The van der Waals surface area contributed by atoms with Gasteiger partial charge in [0, 0.05) is 27.5 Å². The molecule has 0 N–H and O–H groups in total. The van der Waals surface area contributed by atoms with Crippen LogP contribution in [-0.2, 0) is 0 Å². The molecule has 39 heavy (non-hydrogen) atoms. The minimum atomic E-state index is 0.848. The van der Waals surface area contributed by atoms with E-state index >= 15 is 0 Å². The van der Waals surface area contributed by atoms with Gasteiger partial charge in [-0.2, -0.15) is 0 Å². The first kappa shape index (κ1) is 22.1. The minimum absolute atomic E-state index is 0.848. The van der Waals surface area contributed by atoms with Crippen molar-refractivity contribution in [3.8, 4) is 17.1 Å². The summed E-state index contributed by atoms with van der Waals surface area (Å²) in [6.07, 6.45) is 0. The number of hydrogen-bond donors (Lipinski definition) is 0. The van der Waals surface area contributed by atoms with Crippen LogP contribution in [0.25, 0.3) is 71.6 Å². The molecule has 0 radical (unpaired) electrons. The summed E-state index contributed by atoms with van der Waals surface area (Å²) in [5.74, 6) is 0.855. The van der Waals surface area contributed by atoms with E-state index in [1.165, 1.54) is 16.2 Å². The molecule has 0 amide bonds. The fourth-order valence-corrected chi connectivity index (χ4v) is 6.10. The van der Waals surface area contributed by atoms with Crippen molar-refractivity contribution in [2.45, 2.75) is 20.8 Å². The first-order chi connectivity index (χ1) is 19.1. The summed E-state index contributed by atoms with van der Waals surface area (Å²) in [5.41, 5.74) is 8.85. The van der Waals surface area contributed by atoms with Gasteiger partial charge in [-0.15, -0.1) is 0 Å². The predicted octanol–water partition coefficient (Wildman–Crippen LogP) is 9.22. The van der Waals surface area contributed by atoms with Crippen molar-refractivity contribution in [1.82, 2.24) is 14.5 Å². The van der Waals surface area contributed by atoms with Gasteiger partial charge in [0.1, 0.15) is 17.0 Å². The van der Waals surface area contributed by atoms with Gasteiger partial charge in [-0.1, -0.05) is 72.8 Å². The van der Waals surface area contributed by atoms with Crippen molar-refractivity contribution < 1.29 is 4.42 Å². The highest BCUT2D eigenvalue weighted by Gasteiger charge is 2.23. The molecule has 0 atom stereocenters. The van der Waals surface area contributed by atoms with E-state index in [9.17, 15) is 0 Å². The summed E-state index contributed by atoms with van der Waals surface area (Å²) in [5, 5.41) is 6.93. The third-order valence-corrected chi connectivity index (χ3v) is 8.08. The van der Waals surface area contributed by atoms with Gasteiger partial charge in [0.05, 0.1) is 22.3 Å². The van der Waals surface area contributed by atoms with E-state index in [1.807, 2.05) is 6.07 Å². The van der Waals surface area contributed by atoms with Crippen LogP contribution in [0, 0.1) is 20.8 Å². The molecule has 0 fully saturated rings. The van der Waals surface area contributed by atoms with Gasteiger partial charge in [-0.05, 0) is 66.8 Å². The molecule has 4 nitrogen and oxygen atoms in total. The van der Waals surface area contributed by atoms with E-state index in [0.717, 1.165) is 72.4 Å². The average Bonchev–Trinajstić information content (AvgIpc) is 3.56. The molecule has 0 saturated carbocycles. The minimum Gasteiger partial charge on any atom is -0.455 e. The van der Waals surface area contributed by atoms with Crippen LogP contribution < -0.4 is 0 Å². The summed E-state index contributed by atoms with van der Waals surface area (Å²) < 4.78 is 9.10. The molecule has 8 aromatic rings. The highest BCUT2D eigenvalue weighted by atomic mass is 16.3. The van der Waals surface area contributed by atoms with Crippen molar-refractivity contribution in [2.24, 2.45) is 0 Å². The van der Waals surface area contributed by atoms with E-state index < -0.39 is 0 Å². The Morgan fingerprint density at radius 3 is 2.18 bits per heavy atom. The number of nitrogens with zero attached hydrogens (tertiary/aromatic N) is 3. The van der Waals surface area contributed by atoms with Crippen molar-refractivity contribution in [3.63, 3.8) is 0 Å². The second-order valence-electron chi connectivity index (χ2n) is 10.3. The quantitative estimate of drug-likeness (QED) is 0.221. The van der Waals surface area contributed by atoms with Crippen molar-refractivity contribution in [3.05, 3.63) is 114 Å². The van der Waals surface area contributed by atoms with Crippen LogP contribution in [0.1, 0.15) is 17.0 Å². The Hall–Kier alpha value is -4.96. The topological polar surface area (TPSA) is 43.9 Å². The van der Waals surface area contributed by atoms with Crippen LogP contribution >= 0.6 is 0 Å². The van der Waals surface area contributed by atoms with E-state index in [1.54, 1.807) is 0 Å². The zero-order chi connectivity index (χ0) is 26.2. The molecule has 3 heterocycles. The van der Waals surface area contributed by atoms with Crippen molar-refractivity contribution >= 4 is 54.5 Å². The van der Waals surface area contributed by atoms with Crippen LogP contribution in [0.3, 0.4) is 0 Å². The second-order valence-corrected chi connectivity index (χ2v) is 10.3. The van der Waals surface area contributed by atoms with Gasteiger partial charge in [-0.25, -0.2) is 4.98 Å². The maximum absolute atomic E-state index is 6.86. The van der Waals surface area contributed by atoms with Gasteiger partial charge < -0.3 is 4.42 Å². The number of fused-ring (bicyclic) bond motifs is 8. The molecule has 3 aromatic heterocycles.